The van der Waals surface area contributed by atoms with Crippen molar-refractivity contribution in [2.24, 2.45) is 0 Å². The van der Waals surface area contributed by atoms with Crippen LogP contribution in [0.25, 0.3) is 12.2 Å². The molecule has 1 unspecified atom stereocenters. The lowest BCUT2D eigenvalue weighted by molar-refractivity contribution is 0.156. The molecular formula is C16H20O3. The highest BCUT2D eigenvalue weighted by Crippen LogP contribution is 2.34. The summed E-state index contributed by atoms with van der Waals surface area (Å²) in [4.78, 5) is 0. The van der Waals surface area contributed by atoms with Crippen LogP contribution in [0.3, 0.4) is 0 Å². The van der Waals surface area contributed by atoms with E-state index in [1.807, 2.05) is 24.3 Å². The molecule has 1 aromatic carbocycles. The van der Waals surface area contributed by atoms with Gasteiger partial charge in [-0.15, -0.1) is 0 Å². The SMILES string of the molecule is COC=Cc1ccc2c(c1C=COC)CCCC2O. The van der Waals surface area contributed by atoms with E-state index in [1.54, 1.807) is 26.7 Å². The number of rotatable bonds is 4. The molecule has 19 heavy (non-hydrogen) atoms. The second-order valence-electron chi connectivity index (χ2n) is 4.62. The number of aliphatic hydroxyl groups is 1. The molecule has 102 valence electrons. The number of fused-ring (bicyclic) bond motifs is 1. The topological polar surface area (TPSA) is 38.7 Å². The maximum absolute atomic E-state index is 10.1. The first-order chi connectivity index (χ1) is 9.27. The van der Waals surface area contributed by atoms with Crippen LogP contribution < -0.4 is 0 Å². The van der Waals surface area contributed by atoms with Crippen molar-refractivity contribution in [1.82, 2.24) is 0 Å². The smallest absolute Gasteiger partial charge is 0.0830 e. The van der Waals surface area contributed by atoms with Crippen molar-refractivity contribution in [3.05, 3.63) is 46.9 Å². The van der Waals surface area contributed by atoms with Crippen molar-refractivity contribution in [3.8, 4) is 0 Å². The molecular weight excluding hydrogens is 240 g/mol. The highest BCUT2D eigenvalue weighted by molar-refractivity contribution is 5.69. The maximum atomic E-state index is 10.1. The van der Waals surface area contributed by atoms with Gasteiger partial charge >= 0.3 is 0 Å². The van der Waals surface area contributed by atoms with E-state index in [1.165, 1.54) is 5.56 Å². The fourth-order valence-corrected chi connectivity index (χ4v) is 2.54. The quantitative estimate of drug-likeness (QED) is 0.844. The average Bonchev–Trinajstić information content (AvgIpc) is 2.43. The molecule has 0 saturated heterocycles. The molecule has 0 heterocycles. The molecule has 0 spiro atoms. The first-order valence-electron chi connectivity index (χ1n) is 6.50. The summed E-state index contributed by atoms with van der Waals surface area (Å²) in [5, 5.41) is 10.1. The molecule has 0 bridgehead atoms. The van der Waals surface area contributed by atoms with E-state index < -0.39 is 0 Å². The fraction of sp³-hybridized carbons (Fsp3) is 0.375. The number of ether oxygens (including phenoxy) is 2. The van der Waals surface area contributed by atoms with Crippen LogP contribution in [0.5, 0.6) is 0 Å². The zero-order valence-electron chi connectivity index (χ0n) is 11.4. The van der Waals surface area contributed by atoms with Crippen LogP contribution in [-0.4, -0.2) is 19.3 Å². The second-order valence-corrected chi connectivity index (χ2v) is 4.62. The molecule has 0 amide bonds. The molecule has 0 radical (unpaired) electrons. The minimum atomic E-state index is -0.348. The van der Waals surface area contributed by atoms with Crippen molar-refractivity contribution in [1.29, 1.82) is 0 Å². The molecule has 0 aliphatic heterocycles. The number of methoxy groups -OCH3 is 2. The monoisotopic (exact) mass is 260 g/mol. The van der Waals surface area contributed by atoms with E-state index in [4.69, 9.17) is 9.47 Å². The predicted octanol–water partition coefficient (Wildman–Crippen LogP) is 3.29. The van der Waals surface area contributed by atoms with E-state index in [-0.39, 0.29) is 6.10 Å². The van der Waals surface area contributed by atoms with Crippen molar-refractivity contribution >= 4 is 12.2 Å². The van der Waals surface area contributed by atoms with Gasteiger partial charge in [-0.1, -0.05) is 12.1 Å². The van der Waals surface area contributed by atoms with Crippen LogP contribution in [0, 0.1) is 0 Å². The second kappa shape index (κ2) is 6.43. The molecule has 0 fully saturated rings. The van der Waals surface area contributed by atoms with E-state index in [2.05, 4.69) is 0 Å². The molecule has 1 aliphatic rings. The summed E-state index contributed by atoms with van der Waals surface area (Å²) in [5.74, 6) is 0. The summed E-state index contributed by atoms with van der Waals surface area (Å²) in [6.45, 7) is 0. The molecule has 3 nitrogen and oxygen atoms in total. The summed E-state index contributed by atoms with van der Waals surface area (Å²) < 4.78 is 10.0. The third-order valence-electron chi connectivity index (χ3n) is 3.44. The molecule has 3 heteroatoms. The largest absolute Gasteiger partial charge is 0.504 e. The Morgan fingerprint density at radius 3 is 2.63 bits per heavy atom. The molecule has 2 rings (SSSR count). The normalized spacial score (nSPS) is 18.8. The predicted molar refractivity (Wildman–Crippen MR) is 76.4 cm³/mol. The highest BCUT2D eigenvalue weighted by atomic mass is 16.5. The number of aliphatic hydroxyl groups excluding tert-OH is 1. The number of hydrogen-bond donors (Lipinski definition) is 1. The Labute approximate surface area is 114 Å². The van der Waals surface area contributed by atoms with Gasteiger partial charge in [-0.3, -0.25) is 0 Å². The van der Waals surface area contributed by atoms with Crippen LogP contribution in [-0.2, 0) is 15.9 Å². The summed E-state index contributed by atoms with van der Waals surface area (Å²) in [7, 11) is 3.26. The number of hydrogen-bond acceptors (Lipinski definition) is 3. The van der Waals surface area contributed by atoms with Crippen molar-refractivity contribution in [2.45, 2.75) is 25.4 Å². The summed E-state index contributed by atoms with van der Waals surface area (Å²) in [5.41, 5.74) is 4.43. The molecule has 1 aliphatic carbocycles. The van der Waals surface area contributed by atoms with Crippen LogP contribution >= 0.6 is 0 Å². The van der Waals surface area contributed by atoms with Gasteiger partial charge in [-0.25, -0.2) is 0 Å². The Balaban J connectivity index is 2.51. The lowest BCUT2D eigenvalue weighted by Crippen LogP contribution is -2.11. The van der Waals surface area contributed by atoms with Gasteiger partial charge in [0.25, 0.3) is 0 Å². The van der Waals surface area contributed by atoms with Gasteiger partial charge in [0.1, 0.15) is 0 Å². The first-order valence-corrected chi connectivity index (χ1v) is 6.50. The molecule has 0 aromatic heterocycles. The van der Waals surface area contributed by atoms with Gasteiger partial charge in [-0.2, -0.15) is 0 Å². The van der Waals surface area contributed by atoms with Gasteiger partial charge < -0.3 is 14.6 Å². The zero-order valence-corrected chi connectivity index (χ0v) is 11.4. The van der Waals surface area contributed by atoms with Crippen molar-refractivity contribution in [3.63, 3.8) is 0 Å². The summed E-state index contributed by atoms with van der Waals surface area (Å²) >= 11 is 0. The van der Waals surface area contributed by atoms with E-state index in [0.717, 1.165) is 36.0 Å². The number of benzene rings is 1. The van der Waals surface area contributed by atoms with Crippen LogP contribution in [0.1, 0.15) is 41.2 Å². The van der Waals surface area contributed by atoms with Gasteiger partial charge in [0, 0.05) is 0 Å². The van der Waals surface area contributed by atoms with E-state index in [9.17, 15) is 5.11 Å². The fourth-order valence-electron chi connectivity index (χ4n) is 2.54. The van der Waals surface area contributed by atoms with Gasteiger partial charge in [0.15, 0.2) is 0 Å². The Morgan fingerprint density at radius 2 is 1.89 bits per heavy atom. The van der Waals surface area contributed by atoms with Crippen LogP contribution in [0.2, 0.25) is 0 Å². The first kappa shape index (κ1) is 13.7. The third kappa shape index (κ3) is 2.99. The molecule has 1 atom stereocenters. The standard InChI is InChI=1S/C16H20O3/c1-18-10-8-12-6-7-15-14(4-3-5-16(15)17)13(12)9-11-19-2/h6-11,16-17H,3-5H2,1-2H3. The van der Waals surface area contributed by atoms with Crippen molar-refractivity contribution in [2.75, 3.05) is 14.2 Å². The lowest BCUT2D eigenvalue weighted by atomic mass is 9.84. The minimum Gasteiger partial charge on any atom is -0.504 e. The van der Waals surface area contributed by atoms with Gasteiger partial charge in [-0.05, 0) is 53.7 Å². The molecule has 0 saturated carbocycles. The Hall–Kier alpha value is -1.74. The van der Waals surface area contributed by atoms with E-state index >= 15 is 0 Å². The zero-order chi connectivity index (χ0) is 13.7. The lowest BCUT2D eigenvalue weighted by Gasteiger charge is -2.24. The van der Waals surface area contributed by atoms with Crippen molar-refractivity contribution < 1.29 is 14.6 Å². The highest BCUT2D eigenvalue weighted by Gasteiger charge is 2.20. The maximum Gasteiger partial charge on any atom is 0.0830 e. The minimum absolute atomic E-state index is 0.348. The third-order valence-corrected chi connectivity index (χ3v) is 3.44. The average molecular weight is 260 g/mol. The summed E-state index contributed by atoms with van der Waals surface area (Å²) in [6.07, 6.45) is 9.70. The Kier molecular flexibility index (Phi) is 4.63. The Bertz CT molecular complexity index is 489. The van der Waals surface area contributed by atoms with Gasteiger partial charge in [0.2, 0.25) is 0 Å². The van der Waals surface area contributed by atoms with Gasteiger partial charge in [0.05, 0.1) is 32.8 Å². The van der Waals surface area contributed by atoms with E-state index in [0.29, 0.717) is 0 Å². The Morgan fingerprint density at radius 1 is 1.16 bits per heavy atom. The van der Waals surface area contributed by atoms with Crippen LogP contribution in [0.4, 0.5) is 0 Å². The molecule has 1 aromatic rings. The van der Waals surface area contributed by atoms with Crippen LogP contribution in [0.15, 0.2) is 24.7 Å². The summed E-state index contributed by atoms with van der Waals surface area (Å²) in [6, 6.07) is 4.02. The molecule has 1 N–H and O–H groups in total.